The molecule has 1 aromatic heterocycles. The minimum atomic E-state index is -2.93. The summed E-state index contributed by atoms with van der Waals surface area (Å²) in [6, 6.07) is 6.96. The molecule has 0 spiro atoms. The number of benzene rings is 2. The van der Waals surface area contributed by atoms with Crippen LogP contribution in [0, 0.1) is 17.5 Å². The fraction of sp³-hybridized carbons (Fsp3) is 0.481. The number of aliphatic hydroxyl groups excluding tert-OH is 3. The second-order valence-electron chi connectivity index (χ2n) is 10.7. The zero-order valence-electron chi connectivity index (χ0n) is 21.5. The van der Waals surface area contributed by atoms with E-state index in [1.165, 1.54) is 6.20 Å². The van der Waals surface area contributed by atoms with Crippen LogP contribution in [-0.4, -0.2) is 76.8 Å². The summed E-state index contributed by atoms with van der Waals surface area (Å²) in [5, 5.41) is 51.3. The first-order valence-corrected chi connectivity index (χ1v) is 15.0. The third-order valence-electron chi connectivity index (χ3n) is 8.13. The van der Waals surface area contributed by atoms with Crippen LogP contribution in [0.5, 0.6) is 0 Å². The van der Waals surface area contributed by atoms with E-state index in [9.17, 15) is 42.4 Å². The van der Waals surface area contributed by atoms with Crippen molar-refractivity contribution in [2.75, 3.05) is 12.4 Å². The summed E-state index contributed by atoms with van der Waals surface area (Å²) in [7, 11) is -1.67. The summed E-state index contributed by atoms with van der Waals surface area (Å²) in [4.78, 5) is 0. The van der Waals surface area contributed by atoms with Crippen LogP contribution in [0.15, 0.2) is 42.6 Å². The zero-order valence-corrected chi connectivity index (χ0v) is 23.2. The van der Waals surface area contributed by atoms with Crippen LogP contribution in [0.25, 0.3) is 11.3 Å². The zero-order chi connectivity index (χ0) is 29.7. The highest BCUT2D eigenvalue weighted by Gasteiger charge is 2.54. The molecule has 2 fully saturated rings. The third kappa shape index (κ3) is 5.72. The summed E-state index contributed by atoms with van der Waals surface area (Å²) < 4.78 is 70.3. The molecule has 1 aliphatic heterocycles. The molecule has 5 rings (SSSR count). The lowest BCUT2D eigenvalue weighted by molar-refractivity contribution is -0.104. The molecule has 7 nitrogen and oxygen atoms in total. The molecule has 1 aliphatic carbocycles. The molecule has 4 N–H and O–H groups in total. The summed E-state index contributed by atoms with van der Waals surface area (Å²) in [6.07, 6.45) is -3.07. The first-order valence-electron chi connectivity index (χ1n) is 13.0. The Bertz CT molecular complexity index is 1380. The Balaban J connectivity index is 1.49. The Labute approximate surface area is 239 Å². The molecule has 41 heavy (non-hydrogen) atoms. The largest absolute Gasteiger partial charge is 0.395 e. The molecule has 0 bridgehead atoms. The minimum Gasteiger partial charge on any atom is -0.395 e. The molecule has 3 aromatic rings. The summed E-state index contributed by atoms with van der Waals surface area (Å²) in [5.74, 6) is -7.45. The molecular formula is C27H29ClF5N3O4S. The molecule has 1 saturated heterocycles. The third-order valence-corrected chi connectivity index (χ3v) is 12.0. The number of rotatable bonds is 6. The van der Waals surface area contributed by atoms with Crippen LogP contribution in [-0.2, 0) is 0 Å². The van der Waals surface area contributed by atoms with Crippen molar-refractivity contribution in [2.24, 2.45) is 0 Å². The van der Waals surface area contributed by atoms with Gasteiger partial charge in [0.15, 0.2) is 17.5 Å². The summed E-state index contributed by atoms with van der Waals surface area (Å²) >= 11 is 6.52. The van der Waals surface area contributed by atoms with Crippen LogP contribution in [0.1, 0.15) is 42.5 Å². The van der Waals surface area contributed by atoms with Crippen LogP contribution >= 0.6 is 22.5 Å². The van der Waals surface area contributed by atoms with Gasteiger partial charge in [0, 0.05) is 39.7 Å². The van der Waals surface area contributed by atoms with Gasteiger partial charge in [-0.05, 0) is 36.6 Å². The van der Waals surface area contributed by atoms with E-state index in [0.717, 1.165) is 16.8 Å². The summed E-state index contributed by atoms with van der Waals surface area (Å²) in [6.45, 7) is -0.556. The number of alkyl halides is 2. The molecular weight excluding hydrogens is 593 g/mol. The lowest BCUT2D eigenvalue weighted by atomic mass is 9.78. The number of nitrogens with zero attached hydrogens (tertiary/aromatic N) is 3. The van der Waals surface area contributed by atoms with Gasteiger partial charge in [-0.25, -0.2) is 37.5 Å². The second kappa shape index (κ2) is 11.4. The summed E-state index contributed by atoms with van der Waals surface area (Å²) in [5.41, 5.74) is -1.33. The number of thiol groups is 1. The molecule has 1 saturated carbocycles. The number of aliphatic hydroxyl groups is 4. The molecule has 2 aromatic carbocycles. The van der Waals surface area contributed by atoms with E-state index in [1.807, 2.05) is 0 Å². The quantitative estimate of drug-likeness (QED) is 0.159. The van der Waals surface area contributed by atoms with Crippen molar-refractivity contribution in [3.63, 3.8) is 0 Å². The Morgan fingerprint density at radius 2 is 1.68 bits per heavy atom. The monoisotopic (exact) mass is 621 g/mol. The van der Waals surface area contributed by atoms with Crippen LogP contribution in [0.3, 0.4) is 0 Å². The molecule has 14 heteroatoms. The van der Waals surface area contributed by atoms with Crippen molar-refractivity contribution >= 4 is 22.5 Å². The van der Waals surface area contributed by atoms with E-state index in [0.29, 0.717) is 5.56 Å². The van der Waals surface area contributed by atoms with E-state index < -0.39 is 88.1 Å². The van der Waals surface area contributed by atoms with Gasteiger partial charge in [-0.2, -0.15) is 0 Å². The van der Waals surface area contributed by atoms with Gasteiger partial charge in [0.2, 0.25) is 5.92 Å². The van der Waals surface area contributed by atoms with Crippen molar-refractivity contribution in [1.29, 1.82) is 0 Å². The van der Waals surface area contributed by atoms with Gasteiger partial charge in [-0.3, -0.25) is 0 Å². The van der Waals surface area contributed by atoms with Gasteiger partial charge in [-0.15, -0.1) is 5.10 Å². The highest BCUT2D eigenvalue weighted by Crippen LogP contribution is 2.61. The maximum Gasteiger partial charge on any atom is 0.248 e. The van der Waals surface area contributed by atoms with Gasteiger partial charge in [-0.1, -0.05) is 35.0 Å². The maximum atomic E-state index is 14.1. The topological polar surface area (TPSA) is 112 Å². The van der Waals surface area contributed by atoms with E-state index in [4.69, 9.17) is 11.6 Å². The van der Waals surface area contributed by atoms with Gasteiger partial charge >= 0.3 is 0 Å². The van der Waals surface area contributed by atoms with Crippen LogP contribution in [0.2, 0.25) is 5.02 Å². The fourth-order valence-corrected chi connectivity index (χ4v) is 10.1. The standard InChI is InChI=1S/C27H29ClF5N3O4S/c28-16-4-2-1-3-15(16)25(26(40)5-7-27(32,33)8-6-26)41-13-20(38)23(24(39)21(41)12-37)36-11-19(34-35-36)14-9-17(29)22(31)18(30)10-14/h1-4,9-11,20-21,23-25,37-41H,5-8,12-13H2/t20-,21+,23-,24-,25-/m0/s1. The number of hydrogen-bond acceptors (Lipinski definition) is 6. The molecule has 224 valence electrons. The number of halogens is 6. The van der Waals surface area contributed by atoms with Gasteiger partial charge in [0.25, 0.3) is 0 Å². The van der Waals surface area contributed by atoms with Crippen LogP contribution in [0.4, 0.5) is 22.0 Å². The molecule has 6 atom stereocenters. The van der Waals surface area contributed by atoms with Crippen molar-refractivity contribution in [3.05, 3.63) is 70.6 Å². The predicted molar refractivity (Wildman–Crippen MR) is 144 cm³/mol. The Morgan fingerprint density at radius 1 is 1.05 bits per heavy atom. The van der Waals surface area contributed by atoms with Crippen LogP contribution < -0.4 is 0 Å². The van der Waals surface area contributed by atoms with E-state index in [-0.39, 0.29) is 34.9 Å². The number of hydrogen-bond donors (Lipinski definition) is 5. The first-order chi connectivity index (χ1) is 19.3. The lowest BCUT2D eigenvalue weighted by Crippen LogP contribution is -2.53. The highest BCUT2D eigenvalue weighted by atomic mass is 35.5. The molecule has 1 unspecified atom stereocenters. The predicted octanol–water partition coefficient (Wildman–Crippen LogP) is 4.34. The molecule has 0 amide bonds. The van der Waals surface area contributed by atoms with E-state index in [1.54, 1.807) is 24.3 Å². The molecule has 2 aliphatic rings. The lowest BCUT2D eigenvalue weighted by Gasteiger charge is -2.53. The average Bonchev–Trinajstić information content (AvgIpc) is 3.40. The smallest absolute Gasteiger partial charge is 0.248 e. The average molecular weight is 622 g/mol. The second-order valence-corrected chi connectivity index (χ2v) is 13.7. The Hall–Kier alpha value is -2.29. The normalized spacial score (nSPS) is 29.3. The van der Waals surface area contributed by atoms with E-state index >= 15 is 0 Å². The highest BCUT2D eigenvalue weighted by molar-refractivity contribution is 8.18. The molecule has 0 radical (unpaired) electrons. The minimum absolute atomic E-state index is 0.0219. The van der Waals surface area contributed by atoms with Gasteiger partial charge < -0.3 is 20.4 Å². The van der Waals surface area contributed by atoms with Crippen molar-refractivity contribution < 1.29 is 42.4 Å². The van der Waals surface area contributed by atoms with Gasteiger partial charge in [0.1, 0.15) is 11.7 Å². The fourth-order valence-electron chi connectivity index (χ4n) is 6.01. The van der Waals surface area contributed by atoms with E-state index in [2.05, 4.69) is 10.3 Å². The Morgan fingerprint density at radius 3 is 2.29 bits per heavy atom. The first kappa shape index (κ1) is 30.2. The SMILES string of the molecule is OC[C@@H]1[C@H](O)[C@@H](n2cc(-c3cc(F)c(F)c(F)c3)nn2)[C@@H](O)C[SH]1[C@@H](c1ccccc1Cl)C1(O)CCC(F)(F)CC1. The van der Waals surface area contributed by atoms with Crippen molar-refractivity contribution in [1.82, 2.24) is 15.0 Å². The number of aromatic nitrogens is 3. The Kier molecular flexibility index (Phi) is 8.40. The van der Waals surface area contributed by atoms with Gasteiger partial charge in [0.05, 0.1) is 30.6 Å². The van der Waals surface area contributed by atoms with Crippen molar-refractivity contribution in [2.45, 2.75) is 66.0 Å². The maximum absolute atomic E-state index is 14.1. The molecule has 2 heterocycles. The van der Waals surface area contributed by atoms with Crippen molar-refractivity contribution in [3.8, 4) is 11.3 Å².